The van der Waals surface area contributed by atoms with E-state index < -0.39 is 0 Å². The molecule has 0 radical (unpaired) electrons. The van der Waals surface area contributed by atoms with Crippen LogP contribution in [0.25, 0.3) is 0 Å². The Hall–Kier alpha value is -0.980. The lowest BCUT2D eigenvalue weighted by Crippen LogP contribution is -2.20. The van der Waals surface area contributed by atoms with Crippen molar-refractivity contribution >= 4 is 5.69 Å². The van der Waals surface area contributed by atoms with Crippen LogP contribution in [0.4, 0.5) is 5.69 Å². The molecule has 0 amide bonds. The van der Waals surface area contributed by atoms with Crippen molar-refractivity contribution in [1.82, 2.24) is 0 Å². The Morgan fingerprint density at radius 3 is 2.33 bits per heavy atom. The van der Waals surface area contributed by atoms with Crippen molar-refractivity contribution in [2.45, 2.75) is 46.0 Å². The maximum atomic E-state index is 3.58. The van der Waals surface area contributed by atoms with E-state index in [-0.39, 0.29) is 0 Å². The molecule has 0 bridgehead atoms. The van der Waals surface area contributed by atoms with E-state index >= 15 is 0 Å². The van der Waals surface area contributed by atoms with E-state index in [1.807, 2.05) is 0 Å². The molecule has 0 unspecified atom stereocenters. The van der Waals surface area contributed by atoms with Crippen molar-refractivity contribution in [3.63, 3.8) is 0 Å². The second kappa shape index (κ2) is 3.55. The van der Waals surface area contributed by atoms with Gasteiger partial charge in [-0.1, -0.05) is 39.8 Å². The van der Waals surface area contributed by atoms with Crippen LogP contribution in [0.1, 0.15) is 44.4 Å². The molecule has 0 aromatic heterocycles. The third-order valence-electron chi connectivity index (χ3n) is 3.52. The number of hydrogen-bond donors (Lipinski definition) is 1. The Morgan fingerprint density at radius 2 is 1.73 bits per heavy atom. The quantitative estimate of drug-likeness (QED) is 0.775. The molecule has 1 heteroatoms. The van der Waals surface area contributed by atoms with Crippen molar-refractivity contribution in [1.29, 1.82) is 0 Å². The van der Waals surface area contributed by atoms with Gasteiger partial charge in [0, 0.05) is 17.6 Å². The summed E-state index contributed by atoms with van der Waals surface area (Å²) in [6.45, 7) is 10.2. The Balaban J connectivity index is 2.63. The van der Waals surface area contributed by atoms with Crippen LogP contribution in [0, 0.1) is 0 Å². The summed E-state index contributed by atoms with van der Waals surface area (Å²) in [5.74, 6) is 0. The zero-order valence-corrected chi connectivity index (χ0v) is 10.3. The number of fused-ring (bicyclic) bond motifs is 1. The Morgan fingerprint density at radius 1 is 1.13 bits per heavy atom. The van der Waals surface area contributed by atoms with Crippen LogP contribution in [0.2, 0.25) is 0 Å². The van der Waals surface area contributed by atoms with Crippen molar-refractivity contribution in [3.05, 3.63) is 28.8 Å². The molecule has 82 valence electrons. The first-order valence-electron chi connectivity index (χ1n) is 5.99. The second-order valence-corrected chi connectivity index (χ2v) is 5.08. The van der Waals surface area contributed by atoms with Gasteiger partial charge in [0.15, 0.2) is 0 Å². The van der Waals surface area contributed by atoms with E-state index in [0.717, 1.165) is 19.4 Å². The molecule has 0 fully saturated rings. The largest absolute Gasteiger partial charge is 0.384 e. The number of aryl methyl sites for hydroxylation is 2. The van der Waals surface area contributed by atoms with Gasteiger partial charge in [-0.2, -0.15) is 0 Å². The molecule has 1 aromatic carbocycles. The molecule has 1 aliphatic rings. The van der Waals surface area contributed by atoms with Crippen LogP contribution >= 0.6 is 0 Å². The van der Waals surface area contributed by atoms with E-state index in [1.165, 1.54) is 16.8 Å². The monoisotopic (exact) mass is 203 g/mol. The Labute approximate surface area is 92.9 Å². The maximum absolute atomic E-state index is 3.58. The van der Waals surface area contributed by atoms with Gasteiger partial charge in [-0.15, -0.1) is 0 Å². The highest BCUT2D eigenvalue weighted by Gasteiger charge is 2.32. The van der Waals surface area contributed by atoms with E-state index in [2.05, 4.69) is 45.1 Å². The van der Waals surface area contributed by atoms with Crippen LogP contribution in [0.3, 0.4) is 0 Å². The van der Waals surface area contributed by atoms with Crippen LogP contribution in [0.5, 0.6) is 0 Å². The molecule has 0 aliphatic carbocycles. The minimum atomic E-state index is 0.297. The summed E-state index contributed by atoms with van der Waals surface area (Å²) in [5, 5.41) is 3.58. The first kappa shape index (κ1) is 10.5. The van der Waals surface area contributed by atoms with Crippen LogP contribution < -0.4 is 5.32 Å². The Bertz CT molecular complexity index is 377. The number of anilines is 1. The fraction of sp³-hybridized carbons (Fsp3) is 0.571. The van der Waals surface area contributed by atoms with Crippen molar-refractivity contribution in [2.24, 2.45) is 0 Å². The van der Waals surface area contributed by atoms with Gasteiger partial charge in [-0.05, 0) is 29.5 Å². The van der Waals surface area contributed by atoms with Crippen LogP contribution in [-0.2, 0) is 18.3 Å². The summed E-state index contributed by atoms with van der Waals surface area (Å²) >= 11 is 0. The van der Waals surface area contributed by atoms with Gasteiger partial charge >= 0.3 is 0 Å². The van der Waals surface area contributed by atoms with Gasteiger partial charge in [0.25, 0.3) is 0 Å². The normalized spacial score (nSPS) is 17.3. The highest BCUT2D eigenvalue weighted by Crippen LogP contribution is 2.41. The van der Waals surface area contributed by atoms with Crippen molar-refractivity contribution in [3.8, 4) is 0 Å². The SMILES string of the molecule is CCc1ccc(CC)c2c1NCC2(C)C. The lowest BCUT2D eigenvalue weighted by atomic mass is 9.82. The Kier molecular flexibility index (Phi) is 2.49. The predicted octanol–water partition coefficient (Wildman–Crippen LogP) is 3.51. The zero-order chi connectivity index (χ0) is 11.1. The maximum Gasteiger partial charge on any atom is 0.0414 e. The third kappa shape index (κ3) is 1.54. The average molecular weight is 203 g/mol. The lowest BCUT2D eigenvalue weighted by Gasteiger charge is -2.21. The highest BCUT2D eigenvalue weighted by molar-refractivity contribution is 5.67. The molecule has 1 nitrogen and oxygen atoms in total. The fourth-order valence-electron chi connectivity index (χ4n) is 2.65. The summed E-state index contributed by atoms with van der Waals surface area (Å²) in [6.07, 6.45) is 2.26. The highest BCUT2D eigenvalue weighted by atomic mass is 14.9. The van der Waals surface area contributed by atoms with Crippen molar-refractivity contribution in [2.75, 3.05) is 11.9 Å². The summed E-state index contributed by atoms with van der Waals surface area (Å²) < 4.78 is 0. The lowest BCUT2D eigenvalue weighted by molar-refractivity contribution is 0.580. The van der Waals surface area contributed by atoms with Gasteiger partial charge in [-0.3, -0.25) is 0 Å². The van der Waals surface area contributed by atoms with E-state index in [4.69, 9.17) is 0 Å². The number of nitrogens with one attached hydrogen (secondary N) is 1. The van der Waals surface area contributed by atoms with E-state index in [0.29, 0.717) is 5.41 Å². The van der Waals surface area contributed by atoms with E-state index in [1.54, 1.807) is 5.56 Å². The molecule has 0 saturated carbocycles. The number of benzene rings is 1. The molecular weight excluding hydrogens is 182 g/mol. The summed E-state index contributed by atoms with van der Waals surface area (Å²) in [6, 6.07) is 4.60. The number of hydrogen-bond acceptors (Lipinski definition) is 1. The molecular formula is C14H21N. The van der Waals surface area contributed by atoms with Gasteiger partial charge in [0.2, 0.25) is 0 Å². The molecule has 0 saturated heterocycles. The molecule has 1 N–H and O–H groups in total. The topological polar surface area (TPSA) is 12.0 Å². The first-order chi connectivity index (χ1) is 7.10. The van der Waals surface area contributed by atoms with Crippen LogP contribution in [-0.4, -0.2) is 6.54 Å². The first-order valence-corrected chi connectivity index (χ1v) is 5.99. The van der Waals surface area contributed by atoms with Gasteiger partial charge in [0.1, 0.15) is 0 Å². The van der Waals surface area contributed by atoms with Gasteiger partial charge < -0.3 is 5.32 Å². The van der Waals surface area contributed by atoms with Crippen molar-refractivity contribution < 1.29 is 0 Å². The third-order valence-corrected chi connectivity index (χ3v) is 3.52. The molecule has 0 spiro atoms. The predicted molar refractivity (Wildman–Crippen MR) is 66.7 cm³/mol. The smallest absolute Gasteiger partial charge is 0.0414 e. The standard InChI is InChI=1S/C14H21N/c1-5-10-7-8-11(6-2)13-12(10)14(3,4)9-15-13/h7-8,15H,5-6,9H2,1-4H3. The van der Waals surface area contributed by atoms with Gasteiger partial charge in [0.05, 0.1) is 0 Å². The second-order valence-electron chi connectivity index (χ2n) is 5.08. The average Bonchev–Trinajstić information content (AvgIpc) is 2.55. The minimum absolute atomic E-state index is 0.297. The fourth-order valence-corrected chi connectivity index (χ4v) is 2.65. The molecule has 1 heterocycles. The zero-order valence-electron chi connectivity index (χ0n) is 10.3. The molecule has 15 heavy (non-hydrogen) atoms. The van der Waals surface area contributed by atoms with Crippen LogP contribution in [0.15, 0.2) is 12.1 Å². The summed E-state index contributed by atoms with van der Waals surface area (Å²) in [5.41, 5.74) is 6.25. The molecule has 0 atom stereocenters. The van der Waals surface area contributed by atoms with Gasteiger partial charge in [-0.25, -0.2) is 0 Å². The summed E-state index contributed by atoms with van der Waals surface area (Å²) in [4.78, 5) is 0. The van der Waals surface area contributed by atoms with E-state index in [9.17, 15) is 0 Å². The molecule has 1 aliphatic heterocycles. The molecule has 1 aromatic rings. The molecule has 2 rings (SSSR count). The minimum Gasteiger partial charge on any atom is -0.384 e. The summed E-state index contributed by atoms with van der Waals surface area (Å²) in [7, 11) is 0. The number of rotatable bonds is 2.